The molecule has 6 nitrogen and oxygen atoms in total. The first-order valence-electron chi connectivity index (χ1n) is 10.1. The summed E-state index contributed by atoms with van der Waals surface area (Å²) >= 11 is 0. The molecule has 1 aliphatic rings. The minimum atomic E-state index is -1.02. The molecule has 0 fully saturated rings. The Hall–Kier alpha value is -3.93. The molecular formula is C25H23N3O3. The second kappa shape index (κ2) is 9.26. The molecule has 0 spiro atoms. The molecule has 0 aromatic heterocycles. The lowest BCUT2D eigenvalue weighted by Crippen LogP contribution is -2.42. The fourth-order valence-corrected chi connectivity index (χ4v) is 3.56. The van der Waals surface area contributed by atoms with E-state index in [0.717, 1.165) is 22.4 Å². The number of nitrogens with zero attached hydrogens (tertiary/aromatic N) is 1. The number of hydrogen-bond acceptors (Lipinski definition) is 4. The average Bonchev–Trinajstić information content (AvgIpc) is 2.94. The standard InChI is InChI=1S/C25H23N3O3/c1-31-21-14-8-5-9-17(21)15-16-22(29)27-24-25(30)26-20-13-7-6-12-19(20)23(28-24)18-10-3-2-4-11-18/h2-14,24H,15-16H2,1H3,(H,26,30)(H,27,29). The van der Waals surface area contributed by atoms with Gasteiger partial charge in [0.05, 0.1) is 18.5 Å². The number of para-hydroxylation sites is 2. The molecule has 2 N–H and O–H groups in total. The highest BCUT2D eigenvalue weighted by Crippen LogP contribution is 2.24. The van der Waals surface area contributed by atoms with Crippen molar-refractivity contribution in [2.75, 3.05) is 12.4 Å². The number of nitrogens with one attached hydrogen (secondary N) is 2. The van der Waals surface area contributed by atoms with Gasteiger partial charge in [0.2, 0.25) is 12.1 Å². The van der Waals surface area contributed by atoms with Crippen molar-refractivity contribution < 1.29 is 14.3 Å². The summed E-state index contributed by atoms with van der Waals surface area (Å²) in [5, 5.41) is 5.65. The van der Waals surface area contributed by atoms with Gasteiger partial charge in [-0.05, 0) is 24.1 Å². The van der Waals surface area contributed by atoms with Crippen molar-refractivity contribution in [2.45, 2.75) is 19.0 Å². The largest absolute Gasteiger partial charge is 0.496 e. The van der Waals surface area contributed by atoms with Crippen molar-refractivity contribution in [2.24, 2.45) is 4.99 Å². The van der Waals surface area contributed by atoms with Crippen LogP contribution in [-0.2, 0) is 16.0 Å². The molecule has 0 aliphatic carbocycles. The maximum absolute atomic E-state index is 12.8. The van der Waals surface area contributed by atoms with Gasteiger partial charge in [0.15, 0.2) is 0 Å². The van der Waals surface area contributed by atoms with Gasteiger partial charge >= 0.3 is 0 Å². The molecule has 31 heavy (non-hydrogen) atoms. The summed E-state index contributed by atoms with van der Waals surface area (Å²) in [6.45, 7) is 0. The Balaban J connectivity index is 1.56. The number of anilines is 1. The Bertz CT molecular complexity index is 1130. The molecule has 6 heteroatoms. The molecule has 2 amide bonds. The normalized spacial score (nSPS) is 15.2. The number of hydrogen-bond donors (Lipinski definition) is 2. The van der Waals surface area contributed by atoms with Crippen LogP contribution in [0.3, 0.4) is 0 Å². The van der Waals surface area contributed by atoms with Crippen molar-refractivity contribution in [1.82, 2.24) is 5.32 Å². The van der Waals surface area contributed by atoms with Crippen LogP contribution < -0.4 is 15.4 Å². The molecule has 0 saturated heterocycles. The maximum Gasteiger partial charge on any atom is 0.269 e. The summed E-state index contributed by atoms with van der Waals surface area (Å²) in [5.41, 5.74) is 3.95. The van der Waals surface area contributed by atoms with Crippen molar-refractivity contribution in [3.05, 3.63) is 95.6 Å². The smallest absolute Gasteiger partial charge is 0.269 e. The lowest BCUT2D eigenvalue weighted by molar-refractivity contribution is -0.126. The number of carbonyl (C=O) groups is 2. The van der Waals surface area contributed by atoms with E-state index in [1.54, 1.807) is 7.11 Å². The van der Waals surface area contributed by atoms with E-state index < -0.39 is 6.17 Å². The van der Waals surface area contributed by atoms with Crippen LogP contribution in [-0.4, -0.2) is 30.8 Å². The summed E-state index contributed by atoms with van der Waals surface area (Å²) in [5.74, 6) is 0.111. The lowest BCUT2D eigenvalue weighted by Gasteiger charge is -2.14. The Kier molecular flexibility index (Phi) is 6.08. The molecule has 0 saturated carbocycles. The van der Waals surface area contributed by atoms with E-state index >= 15 is 0 Å². The number of carbonyl (C=O) groups excluding carboxylic acids is 2. The molecule has 3 aromatic rings. The lowest BCUT2D eigenvalue weighted by atomic mass is 10.0. The zero-order chi connectivity index (χ0) is 21.6. The maximum atomic E-state index is 12.8. The summed E-state index contributed by atoms with van der Waals surface area (Å²) in [6, 6.07) is 24.7. The van der Waals surface area contributed by atoms with E-state index in [4.69, 9.17) is 4.74 Å². The van der Waals surface area contributed by atoms with Crippen LogP contribution in [0, 0.1) is 0 Å². The fourth-order valence-electron chi connectivity index (χ4n) is 3.56. The number of ether oxygens (including phenoxy) is 1. The third-order valence-electron chi connectivity index (χ3n) is 5.11. The first-order valence-corrected chi connectivity index (χ1v) is 10.1. The SMILES string of the molecule is COc1ccccc1CCC(=O)NC1N=C(c2ccccc2)c2ccccc2NC1=O. The molecule has 156 valence electrons. The number of benzodiazepines with no additional fused rings is 1. The number of benzene rings is 3. The number of aliphatic imine (C=N–C) groups is 1. The molecule has 1 heterocycles. The highest BCUT2D eigenvalue weighted by atomic mass is 16.5. The topological polar surface area (TPSA) is 79.8 Å². The van der Waals surface area contributed by atoms with Crippen molar-refractivity contribution in [3.63, 3.8) is 0 Å². The second-order valence-corrected chi connectivity index (χ2v) is 7.16. The molecule has 3 aromatic carbocycles. The van der Waals surface area contributed by atoms with Crippen LogP contribution in [0.2, 0.25) is 0 Å². The third kappa shape index (κ3) is 4.64. The molecule has 4 rings (SSSR count). The Morgan fingerprint density at radius 1 is 1.00 bits per heavy atom. The van der Waals surface area contributed by atoms with Gasteiger partial charge in [0.1, 0.15) is 5.75 Å². The summed E-state index contributed by atoms with van der Waals surface area (Å²) in [6.07, 6.45) is -0.305. The number of rotatable bonds is 6. The van der Waals surface area contributed by atoms with Gasteiger partial charge in [0, 0.05) is 17.5 Å². The van der Waals surface area contributed by atoms with Crippen molar-refractivity contribution in [3.8, 4) is 5.75 Å². The number of fused-ring (bicyclic) bond motifs is 1. The van der Waals surface area contributed by atoms with E-state index in [9.17, 15) is 9.59 Å². The minimum Gasteiger partial charge on any atom is -0.496 e. The van der Waals surface area contributed by atoms with Crippen LogP contribution in [0.5, 0.6) is 5.75 Å². The minimum absolute atomic E-state index is 0.216. The van der Waals surface area contributed by atoms with Gasteiger partial charge in [-0.15, -0.1) is 0 Å². The average molecular weight is 413 g/mol. The van der Waals surface area contributed by atoms with Crippen LogP contribution in [0.1, 0.15) is 23.1 Å². The zero-order valence-electron chi connectivity index (χ0n) is 17.2. The molecule has 1 atom stereocenters. The quantitative estimate of drug-likeness (QED) is 0.649. The Labute approximate surface area is 181 Å². The van der Waals surface area contributed by atoms with Gasteiger partial charge < -0.3 is 15.4 Å². The van der Waals surface area contributed by atoms with Crippen molar-refractivity contribution >= 4 is 23.2 Å². The number of amides is 2. The van der Waals surface area contributed by atoms with E-state index in [1.807, 2.05) is 78.9 Å². The van der Waals surface area contributed by atoms with Crippen LogP contribution in [0.4, 0.5) is 5.69 Å². The highest BCUT2D eigenvalue weighted by molar-refractivity contribution is 6.19. The van der Waals surface area contributed by atoms with E-state index in [2.05, 4.69) is 15.6 Å². The van der Waals surface area contributed by atoms with Gasteiger partial charge in [-0.2, -0.15) is 0 Å². The molecule has 1 unspecified atom stereocenters. The van der Waals surface area contributed by atoms with Gasteiger partial charge in [0.25, 0.3) is 5.91 Å². The second-order valence-electron chi connectivity index (χ2n) is 7.16. The third-order valence-corrected chi connectivity index (χ3v) is 5.11. The van der Waals surface area contributed by atoms with Crippen LogP contribution in [0.25, 0.3) is 0 Å². The van der Waals surface area contributed by atoms with E-state index in [-0.39, 0.29) is 18.2 Å². The Morgan fingerprint density at radius 3 is 2.52 bits per heavy atom. The molecular weight excluding hydrogens is 390 g/mol. The molecule has 1 aliphatic heterocycles. The predicted molar refractivity (Wildman–Crippen MR) is 120 cm³/mol. The highest BCUT2D eigenvalue weighted by Gasteiger charge is 2.26. The first-order chi connectivity index (χ1) is 15.2. The summed E-state index contributed by atoms with van der Waals surface area (Å²) in [4.78, 5) is 30.1. The molecule has 0 bridgehead atoms. The van der Waals surface area contributed by atoms with E-state index in [0.29, 0.717) is 17.8 Å². The van der Waals surface area contributed by atoms with E-state index in [1.165, 1.54) is 0 Å². The summed E-state index contributed by atoms with van der Waals surface area (Å²) in [7, 11) is 1.60. The predicted octanol–water partition coefficient (Wildman–Crippen LogP) is 3.56. The zero-order valence-corrected chi connectivity index (χ0v) is 17.2. The molecule has 0 radical (unpaired) electrons. The van der Waals surface area contributed by atoms with Gasteiger partial charge in [-0.25, -0.2) is 4.99 Å². The number of methoxy groups -OCH3 is 1. The Morgan fingerprint density at radius 2 is 1.71 bits per heavy atom. The first kappa shape index (κ1) is 20.3. The monoisotopic (exact) mass is 413 g/mol. The van der Waals surface area contributed by atoms with Crippen molar-refractivity contribution in [1.29, 1.82) is 0 Å². The number of aryl methyl sites for hydroxylation is 1. The van der Waals surface area contributed by atoms with Gasteiger partial charge in [-0.3, -0.25) is 9.59 Å². The van der Waals surface area contributed by atoms with Gasteiger partial charge in [-0.1, -0.05) is 66.7 Å². The summed E-state index contributed by atoms with van der Waals surface area (Å²) < 4.78 is 5.34. The van der Waals surface area contributed by atoms with Crippen LogP contribution >= 0.6 is 0 Å². The van der Waals surface area contributed by atoms with Crippen LogP contribution in [0.15, 0.2) is 83.9 Å². The fraction of sp³-hybridized carbons (Fsp3) is 0.160.